The monoisotopic (exact) mass is 445 g/mol. The van der Waals surface area contributed by atoms with Gasteiger partial charge >= 0.3 is 5.97 Å². The molecule has 0 bridgehead atoms. The molecule has 1 N–H and O–H groups in total. The molecule has 0 heterocycles. The molecule has 28 heavy (non-hydrogen) atoms. The molecule has 0 aliphatic carbocycles. The van der Waals surface area contributed by atoms with Gasteiger partial charge in [-0.3, -0.25) is 4.79 Å². The molecule has 0 saturated heterocycles. The third-order valence-electron chi connectivity index (χ3n) is 3.81. The zero-order valence-electron chi connectivity index (χ0n) is 15.3. The number of hydrogen-bond acceptors (Lipinski definition) is 5. The van der Waals surface area contributed by atoms with Crippen molar-refractivity contribution < 1.29 is 23.8 Å². The zero-order valence-corrected chi connectivity index (χ0v) is 17.6. The van der Waals surface area contributed by atoms with E-state index in [0.29, 0.717) is 21.4 Å². The van der Waals surface area contributed by atoms with Crippen molar-refractivity contribution in [3.63, 3.8) is 0 Å². The van der Waals surface area contributed by atoms with Gasteiger partial charge in [0.1, 0.15) is 0 Å². The van der Waals surface area contributed by atoms with Crippen LogP contribution in [0.2, 0.25) is 15.1 Å². The molecule has 6 nitrogen and oxygen atoms in total. The molecule has 0 radical (unpaired) electrons. The predicted molar refractivity (Wildman–Crippen MR) is 108 cm³/mol. The summed E-state index contributed by atoms with van der Waals surface area (Å²) < 4.78 is 15.3. The fraction of sp³-hybridized carbons (Fsp3) is 0.263. The molecule has 0 aromatic heterocycles. The largest absolute Gasteiger partial charge is 0.493 e. The average Bonchev–Trinajstić information content (AvgIpc) is 2.65. The van der Waals surface area contributed by atoms with Crippen molar-refractivity contribution in [1.82, 2.24) is 5.32 Å². The van der Waals surface area contributed by atoms with E-state index in [0.717, 1.165) is 0 Å². The number of hydrogen-bond donors (Lipinski definition) is 1. The first-order valence-corrected chi connectivity index (χ1v) is 9.23. The number of halogens is 3. The fourth-order valence-electron chi connectivity index (χ4n) is 2.46. The van der Waals surface area contributed by atoms with Crippen LogP contribution in [0.5, 0.6) is 11.5 Å². The lowest BCUT2D eigenvalue weighted by Gasteiger charge is -2.16. The lowest BCUT2D eigenvalue weighted by molar-refractivity contribution is -0.124. The number of benzene rings is 2. The first kappa shape index (κ1) is 22.1. The summed E-state index contributed by atoms with van der Waals surface area (Å²) in [6, 6.07) is 7.37. The minimum atomic E-state index is -0.727. The van der Waals surface area contributed by atoms with Gasteiger partial charge in [0, 0.05) is 10.0 Å². The molecule has 1 unspecified atom stereocenters. The molecule has 0 aliphatic heterocycles. The first-order chi connectivity index (χ1) is 13.3. The molecule has 0 fully saturated rings. The quantitative estimate of drug-likeness (QED) is 0.624. The van der Waals surface area contributed by atoms with Crippen molar-refractivity contribution >= 4 is 46.7 Å². The summed E-state index contributed by atoms with van der Waals surface area (Å²) in [4.78, 5) is 24.3. The number of amides is 1. The Morgan fingerprint density at radius 2 is 1.75 bits per heavy atom. The van der Waals surface area contributed by atoms with E-state index in [2.05, 4.69) is 5.32 Å². The smallest absolute Gasteiger partial charge is 0.338 e. The Balaban J connectivity index is 1.99. The van der Waals surface area contributed by atoms with Gasteiger partial charge in [-0.25, -0.2) is 4.79 Å². The molecule has 2 aromatic rings. The topological polar surface area (TPSA) is 73.9 Å². The van der Waals surface area contributed by atoms with E-state index in [4.69, 9.17) is 49.0 Å². The van der Waals surface area contributed by atoms with E-state index in [1.54, 1.807) is 25.1 Å². The van der Waals surface area contributed by atoms with Gasteiger partial charge in [0.05, 0.1) is 30.8 Å². The van der Waals surface area contributed by atoms with Crippen LogP contribution in [0, 0.1) is 0 Å². The summed E-state index contributed by atoms with van der Waals surface area (Å²) in [6.45, 7) is 1.28. The van der Waals surface area contributed by atoms with Crippen molar-refractivity contribution in [1.29, 1.82) is 0 Å². The number of ether oxygens (including phenoxy) is 3. The van der Waals surface area contributed by atoms with Crippen LogP contribution in [0.25, 0.3) is 0 Å². The first-order valence-electron chi connectivity index (χ1n) is 8.09. The van der Waals surface area contributed by atoms with E-state index >= 15 is 0 Å². The van der Waals surface area contributed by atoms with E-state index in [9.17, 15) is 9.59 Å². The van der Waals surface area contributed by atoms with Gasteiger partial charge < -0.3 is 19.5 Å². The van der Waals surface area contributed by atoms with Crippen LogP contribution in [0.1, 0.15) is 28.9 Å². The summed E-state index contributed by atoms with van der Waals surface area (Å²) >= 11 is 18.1. The highest BCUT2D eigenvalue weighted by molar-refractivity contribution is 6.35. The SMILES string of the molecule is COc1cc(C(=O)OCC(=O)NC(C)c2ccc(Cl)cc2Cl)cc(Cl)c1OC. The number of nitrogens with one attached hydrogen (secondary N) is 1. The lowest BCUT2D eigenvalue weighted by atomic mass is 10.1. The Kier molecular flexibility index (Phi) is 7.80. The van der Waals surface area contributed by atoms with Gasteiger partial charge in [-0.2, -0.15) is 0 Å². The minimum absolute atomic E-state index is 0.129. The van der Waals surface area contributed by atoms with E-state index in [1.165, 1.54) is 26.4 Å². The van der Waals surface area contributed by atoms with Gasteiger partial charge in [0.2, 0.25) is 0 Å². The predicted octanol–water partition coefficient (Wildman–Crippen LogP) is 4.70. The molecule has 150 valence electrons. The van der Waals surface area contributed by atoms with Gasteiger partial charge in [-0.1, -0.05) is 40.9 Å². The molecule has 2 rings (SSSR count). The van der Waals surface area contributed by atoms with Crippen molar-refractivity contribution in [2.24, 2.45) is 0 Å². The Morgan fingerprint density at radius 3 is 2.36 bits per heavy atom. The number of carbonyl (C=O) groups excluding carboxylic acids is 2. The Hall–Kier alpha value is -2.15. The van der Waals surface area contributed by atoms with Crippen LogP contribution >= 0.6 is 34.8 Å². The van der Waals surface area contributed by atoms with Crippen molar-refractivity contribution in [2.75, 3.05) is 20.8 Å². The van der Waals surface area contributed by atoms with Crippen molar-refractivity contribution in [2.45, 2.75) is 13.0 Å². The molecule has 9 heteroatoms. The second-order valence-corrected chi connectivity index (χ2v) is 6.98. The van der Waals surface area contributed by atoms with Gasteiger partial charge in [0.25, 0.3) is 5.91 Å². The number of esters is 1. The van der Waals surface area contributed by atoms with E-state index < -0.39 is 24.5 Å². The molecule has 0 spiro atoms. The average molecular weight is 447 g/mol. The number of rotatable bonds is 7. The highest BCUT2D eigenvalue weighted by atomic mass is 35.5. The number of carbonyl (C=O) groups is 2. The third kappa shape index (κ3) is 5.44. The summed E-state index contributed by atoms with van der Waals surface area (Å²) in [6.07, 6.45) is 0. The molecular formula is C19H18Cl3NO5. The standard InChI is InChI=1S/C19H18Cl3NO5/c1-10(13-5-4-12(20)8-14(13)21)23-17(24)9-28-19(25)11-6-15(22)18(27-3)16(7-11)26-2/h4-8,10H,9H2,1-3H3,(H,23,24). The lowest BCUT2D eigenvalue weighted by Crippen LogP contribution is -2.31. The van der Waals surface area contributed by atoms with E-state index in [1.807, 2.05) is 0 Å². The maximum absolute atomic E-state index is 12.2. The van der Waals surface area contributed by atoms with Crippen LogP contribution in [0.15, 0.2) is 30.3 Å². The van der Waals surface area contributed by atoms with Crippen LogP contribution < -0.4 is 14.8 Å². The molecular weight excluding hydrogens is 429 g/mol. The molecule has 1 atom stereocenters. The van der Waals surface area contributed by atoms with Crippen LogP contribution in [0.3, 0.4) is 0 Å². The zero-order chi connectivity index (χ0) is 20.8. The maximum Gasteiger partial charge on any atom is 0.338 e. The fourth-order valence-corrected chi connectivity index (χ4v) is 3.32. The Bertz CT molecular complexity index is 888. The minimum Gasteiger partial charge on any atom is -0.493 e. The van der Waals surface area contributed by atoms with Crippen LogP contribution in [-0.2, 0) is 9.53 Å². The molecule has 0 aliphatic rings. The van der Waals surface area contributed by atoms with Crippen molar-refractivity contribution in [3.05, 3.63) is 56.5 Å². The second kappa shape index (κ2) is 9.87. The summed E-state index contributed by atoms with van der Waals surface area (Å²) in [5.41, 5.74) is 0.821. The summed E-state index contributed by atoms with van der Waals surface area (Å²) in [7, 11) is 2.85. The molecule has 2 aromatic carbocycles. The maximum atomic E-state index is 12.2. The normalized spacial score (nSPS) is 11.5. The summed E-state index contributed by atoms with van der Waals surface area (Å²) in [5.74, 6) is -0.641. The highest BCUT2D eigenvalue weighted by Crippen LogP contribution is 2.36. The molecule has 1 amide bonds. The van der Waals surface area contributed by atoms with Gasteiger partial charge in [-0.05, 0) is 36.8 Å². The van der Waals surface area contributed by atoms with E-state index in [-0.39, 0.29) is 16.3 Å². The number of methoxy groups -OCH3 is 2. The van der Waals surface area contributed by atoms with Crippen molar-refractivity contribution in [3.8, 4) is 11.5 Å². The third-order valence-corrected chi connectivity index (χ3v) is 4.65. The second-order valence-electron chi connectivity index (χ2n) is 5.72. The molecule has 0 saturated carbocycles. The highest BCUT2D eigenvalue weighted by Gasteiger charge is 2.18. The van der Waals surface area contributed by atoms with Gasteiger partial charge in [-0.15, -0.1) is 0 Å². The Morgan fingerprint density at radius 1 is 1.04 bits per heavy atom. The van der Waals surface area contributed by atoms with Gasteiger partial charge in [0.15, 0.2) is 18.1 Å². The summed E-state index contributed by atoms with van der Waals surface area (Å²) in [5, 5.41) is 3.81. The van der Waals surface area contributed by atoms with Crippen LogP contribution in [0.4, 0.5) is 0 Å². The Labute approximate surface area is 177 Å². The van der Waals surface area contributed by atoms with Crippen LogP contribution in [-0.4, -0.2) is 32.7 Å².